The third-order valence-electron chi connectivity index (χ3n) is 3.90. The number of thiophene rings is 1. The minimum atomic E-state index is -0.0211. The fraction of sp³-hybridized carbons (Fsp3) is 0.353. The lowest BCUT2D eigenvalue weighted by atomic mass is 9.90. The zero-order chi connectivity index (χ0) is 14.8. The number of fused-ring (bicyclic) bond motifs is 1. The summed E-state index contributed by atoms with van der Waals surface area (Å²) in [6.45, 7) is 2.28. The minimum Gasteiger partial charge on any atom is -0.497 e. The van der Waals surface area contributed by atoms with Crippen molar-refractivity contribution in [3.05, 3.63) is 45.6 Å². The lowest BCUT2D eigenvalue weighted by Gasteiger charge is -2.16. The van der Waals surface area contributed by atoms with Crippen LogP contribution in [-0.4, -0.2) is 13.0 Å². The van der Waals surface area contributed by atoms with Crippen molar-refractivity contribution >= 4 is 22.9 Å². The van der Waals surface area contributed by atoms with Gasteiger partial charge in [0.05, 0.1) is 12.0 Å². The highest BCUT2D eigenvalue weighted by Crippen LogP contribution is 2.32. The lowest BCUT2D eigenvalue weighted by Crippen LogP contribution is -2.10. The number of anilines is 1. The fourth-order valence-electron chi connectivity index (χ4n) is 2.68. The first-order valence-corrected chi connectivity index (χ1v) is 8.04. The second kappa shape index (κ2) is 5.90. The normalized spacial score (nSPS) is 17.1. The van der Waals surface area contributed by atoms with Crippen molar-refractivity contribution in [2.45, 2.75) is 26.2 Å². The molecule has 110 valence electrons. The number of amides is 1. The van der Waals surface area contributed by atoms with E-state index in [0.717, 1.165) is 35.1 Å². The largest absolute Gasteiger partial charge is 0.497 e. The van der Waals surface area contributed by atoms with Gasteiger partial charge < -0.3 is 10.1 Å². The van der Waals surface area contributed by atoms with Gasteiger partial charge in [0, 0.05) is 10.6 Å². The molecule has 2 aromatic rings. The molecule has 0 aliphatic heterocycles. The molecule has 1 N–H and O–H groups in total. The fourth-order valence-corrected chi connectivity index (χ4v) is 3.79. The van der Waals surface area contributed by atoms with Gasteiger partial charge in [0.15, 0.2) is 0 Å². The van der Waals surface area contributed by atoms with Crippen LogP contribution in [0.2, 0.25) is 0 Å². The van der Waals surface area contributed by atoms with Crippen LogP contribution in [0.5, 0.6) is 5.75 Å². The number of carbonyl (C=O) groups is 1. The van der Waals surface area contributed by atoms with Crippen molar-refractivity contribution < 1.29 is 9.53 Å². The van der Waals surface area contributed by atoms with E-state index in [4.69, 9.17) is 4.74 Å². The molecule has 0 saturated carbocycles. The molecule has 1 heterocycles. The van der Waals surface area contributed by atoms with Crippen LogP contribution in [0.3, 0.4) is 0 Å². The Morgan fingerprint density at radius 1 is 1.33 bits per heavy atom. The molecule has 21 heavy (non-hydrogen) atoms. The molecule has 0 radical (unpaired) electrons. The van der Waals surface area contributed by atoms with Gasteiger partial charge in [0.2, 0.25) is 0 Å². The maximum Gasteiger partial charge on any atom is 0.265 e. The van der Waals surface area contributed by atoms with Crippen molar-refractivity contribution in [1.82, 2.24) is 0 Å². The third kappa shape index (κ3) is 3.10. The summed E-state index contributed by atoms with van der Waals surface area (Å²) in [4.78, 5) is 14.5. The van der Waals surface area contributed by atoms with Gasteiger partial charge in [0.25, 0.3) is 5.91 Å². The minimum absolute atomic E-state index is 0.0211. The lowest BCUT2D eigenvalue weighted by molar-refractivity contribution is 0.103. The summed E-state index contributed by atoms with van der Waals surface area (Å²) in [5.41, 5.74) is 2.15. The number of hydrogen-bond acceptors (Lipinski definition) is 3. The van der Waals surface area contributed by atoms with E-state index >= 15 is 0 Å². The summed E-state index contributed by atoms with van der Waals surface area (Å²) in [6.07, 6.45) is 3.44. The molecule has 0 bridgehead atoms. The van der Waals surface area contributed by atoms with Crippen LogP contribution in [0.4, 0.5) is 5.69 Å². The van der Waals surface area contributed by atoms with Gasteiger partial charge >= 0.3 is 0 Å². The molecular weight excluding hydrogens is 282 g/mol. The molecule has 1 atom stereocenters. The van der Waals surface area contributed by atoms with Gasteiger partial charge in [-0.25, -0.2) is 0 Å². The van der Waals surface area contributed by atoms with Gasteiger partial charge in [-0.15, -0.1) is 11.3 Å². The Morgan fingerprint density at radius 2 is 2.10 bits per heavy atom. The number of carbonyl (C=O) groups excluding carboxylic acids is 1. The summed E-state index contributed by atoms with van der Waals surface area (Å²) < 4.78 is 5.11. The van der Waals surface area contributed by atoms with Crippen molar-refractivity contribution in [2.24, 2.45) is 5.92 Å². The van der Waals surface area contributed by atoms with Crippen molar-refractivity contribution in [1.29, 1.82) is 0 Å². The van der Waals surface area contributed by atoms with E-state index in [9.17, 15) is 4.79 Å². The van der Waals surface area contributed by atoms with Crippen LogP contribution in [0, 0.1) is 5.92 Å². The molecule has 0 fully saturated rings. The second-order valence-electron chi connectivity index (χ2n) is 5.59. The summed E-state index contributed by atoms with van der Waals surface area (Å²) >= 11 is 1.64. The molecule has 0 unspecified atom stereocenters. The molecule has 0 spiro atoms. The Hall–Kier alpha value is -1.81. The molecule has 0 saturated heterocycles. The Kier molecular flexibility index (Phi) is 3.97. The van der Waals surface area contributed by atoms with E-state index in [1.807, 2.05) is 24.3 Å². The van der Waals surface area contributed by atoms with Crippen LogP contribution in [0.25, 0.3) is 0 Å². The molecule has 1 aromatic carbocycles. The Bertz CT molecular complexity index is 645. The Balaban J connectivity index is 1.73. The third-order valence-corrected chi connectivity index (χ3v) is 5.14. The highest BCUT2D eigenvalue weighted by atomic mass is 32.1. The standard InChI is InChI=1S/C17H19NO2S/c1-11-3-8-15-12(9-11)10-16(21-15)17(19)18-13-4-6-14(20-2)7-5-13/h4-7,10-11H,3,8-9H2,1-2H3,(H,18,19)/t11-/m1/s1. The summed E-state index contributed by atoms with van der Waals surface area (Å²) in [7, 11) is 1.63. The van der Waals surface area contributed by atoms with Crippen LogP contribution in [0.1, 0.15) is 33.5 Å². The first-order valence-electron chi connectivity index (χ1n) is 7.22. The SMILES string of the molecule is COc1ccc(NC(=O)c2cc3c(s2)CC[C@@H](C)C3)cc1. The van der Waals surface area contributed by atoms with Crippen LogP contribution in [0.15, 0.2) is 30.3 Å². The predicted molar refractivity (Wildman–Crippen MR) is 86.5 cm³/mol. The van der Waals surface area contributed by atoms with Crippen molar-refractivity contribution in [2.75, 3.05) is 12.4 Å². The second-order valence-corrected chi connectivity index (χ2v) is 6.73. The van der Waals surface area contributed by atoms with Gasteiger partial charge in [-0.05, 0) is 61.1 Å². The van der Waals surface area contributed by atoms with E-state index < -0.39 is 0 Å². The van der Waals surface area contributed by atoms with Crippen molar-refractivity contribution in [3.63, 3.8) is 0 Å². The molecule has 1 aliphatic carbocycles. The van der Waals surface area contributed by atoms with E-state index in [-0.39, 0.29) is 5.91 Å². The topological polar surface area (TPSA) is 38.3 Å². The summed E-state index contributed by atoms with van der Waals surface area (Å²) in [5, 5.41) is 2.95. The quantitative estimate of drug-likeness (QED) is 0.925. The molecule has 3 rings (SSSR count). The Labute approximate surface area is 129 Å². The number of benzene rings is 1. The van der Waals surface area contributed by atoms with E-state index in [2.05, 4.69) is 18.3 Å². The van der Waals surface area contributed by atoms with Gasteiger partial charge in [-0.2, -0.15) is 0 Å². The zero-order valence-corrected chi connectivity index (χ0v) is 13.1. The smallest absolute Gasteiger partial charge is 0.265 e. The maximum absolute atomic E-state index is 12.3. The number of methoxy groups -OCH3 is 1. The highest BCUT2D eigenvalue weighted by molar-refractivity contribution is 7.14. The maximum atomic E-state index is 12.3. The summed E-state index contributed by atoms with van der Waals surface area (Å²) in [5.74, 6) is 1.49. The number of hydrogen-bond donors (Lipinski definition) is 1. The number of rotatable bonds is 3. The molecular formula is C17H19NO2S. The average molecular weight is 301 g/mol. The molecule has 3 nitrogen and oxygen atoms in total. The van der Waals surface area contributed by atoms with Crippen LogP contribution in [-0.2, 0) is 12.8 Å². The number of nitrogens with one attached hydrogen (secondary N) is 1. The van der Waals surface area contributed by atoms with Gasteiger partial charge in [-0.1, -0.05) is 6.92 Å². The van der Waals surface area contributed by atoms with Gasteiger partial charge in [-0.3, -0.25) is 4.79 Å². The molecule has 1 amide bonds. The van der Waals surface area contributed by atoms with Crippen LogP contribution >= 0.6 is 11.3 Å². The van der Waals surface area contributed by atoms with Crippen LogP contribution < -0.4 is 10.1 Å². The van der Waals surface area contributed by atoms with E-state index in [0.29, 0.717) is 0 Å². The van der Waals surface area contributed by atoms with Gasteiger partial charge in [0.1, 0.15) is 5.75 Å². The molecule has 1 aliphatic rings. The number of aryl methyl sites for hydroxylation is 1. The summed E-state index contributed by atoms with van der Waals surface area (Å²) in [6, 6.07) is 9.46. The van der Waals surface area contributed by atoms with E-state index in [1.54, 1.807) is 18.4 Å². The zero-order valence-electron chi connectivity index (χ0n) is 12.3. The van der Waals surface area contributed by atoms with Crippen molar-refractivity contribution in [3.8, 4) is 5.75 Å². The molecule has 1 aromatic heterocycles. The average Bonchev–Trinajstić information content (AvgIpc) is 2.91. The predicted octanol–water partition coefficient (Wildman–Crippen LogP) is 4.13. The number of ether oxygens (including phenoxy) is 1. The Morgan fingerprint density at radius 3 is 2.81 bits per heavy atom. The first kappa shape index (κ1) is 14.1. The monoisotopic (exact) mass is 301 g/mol. The van der Waals surface area contributed by atoms with E-state index in [1.165, 1.54) is 16.9 Å². The first-order chi connectivity index (χ1) is 10.2. The molecule has 4 heteroatoms. The highest BCUT2D eigenvalue weighted by Gasteiger charge is 2.20.